The number of rotatable bonds is 8. The fraction of sp³-hybridized carbons (Fsp3) is 0.414. The number of nitriles is 1. The quantitative estimate of drug-likeness (QED) is 0.241. The maximum absolute atomic E-state index is 12.6. The molecule has 0 radical (unpaired) electrons. The van der Waals surface area contributed by atoms with Gasteiger partial charge < -0.3 is 41.9 Å². The normalized spacial score (nSPS) is 17.4. The molecule has 0 saturated carbocycles. The third kappa shape index (κ3) is 12.9. The first-order valence-electron chi connectivity index (χ1n) is 11.8. The van der Waals surface area contributed by atoms with Crippen molar-refractivity contribution in [3.8, 4) is 6.07 Å². The summed E-state index contributed by atoms with van der Waals surface area (Å²) in [6, 6.07) is 14.4. The average Bonchev–Trinajstić information content (AvgIpc) is 2.86. The van der Waals surface area contributed by atoms with Gasteiger partial charge in [-0.05, 0) is 56.2 Å². The van der Waals surface area contributed by atoms with Crippen molar-refractivity contribution in [2.75, 3.05) is 19.6 Å². The molecule has 7 nitrogen and oxygen atoms in total. The Hall–Kier alpha value is -1.06. The Bertz CT molecular complexity index is 1190. The van der Waals surface area contributed by atoms with Gasteiger partial charge >= 0.3 is 37.7 Å². The number of ether oxygens (including phenoxy) is 1. The van der Waals surface area contributed by atoms with E-state index in [1.807, 2.05) is 6.07 Å². The SMILES string of the molecule is CC(c1[c-]c(C#N)ccc1)S(=O)(=O)c1ccc([S-](=O)=O)cc1.[CH2-]CC(C[CH2-])CN1C[C@@H](C)O[C@@H](C)C1.[CH3-].[CH3-].[Li+].[Li+]. The first-order valence-corrected chi connectivity index (χ1v) is 14.5. The van der Waals surface area contributed by atoms with Gasteiger partial charge in [-0.15, -0.1) is 29.8 Å². The van der Waals surface area contributed by atoms with Crippen molar-refractivity contribution in [2.45, 2.75) is 60.9 Å². The fourth-order valence-electron chi connectivity index (χ4n) is 4.03. The molecule has 1 unspecified atom stereocenters. The van der Waals surface area contributed by atoms with E-state index in [4.69, 9.17) is 10.00 Å². The minimum absolute atomic E-state index is 0. The van der Waals surface area contributed by atoms with Crippen LogP contribution in [0.25, 0.3) is 0 Å². The predicted molar refractivity (Wildman–Crippen MR) is 152 cm³/mol. The van der Waals surface area contributed by atoms with Gasteiger partial charge in [0, 0.05) is 13.1 Å². The van der Waals surface area contributed by atoms with Crippen molar-refractivity contribution in [3.05, 3.63) is 88.4 Å². The molecule has 0 N–H and O–H groups in total. The Kier molecular flexibility index (Phi) is 22.5. The molecule has 1 aliphatic rings. The van der Waals surface area contributed by atoms with Gasteiger partial charge in [0.2, 0.25) is 0 Å². The summed E-state index contributed by atoms with van der Waals surface area (Å²) in [6.45, 7) is 17.0. The van der Waals surface area contributed by atoms with Crippen molar-refractivity contribution in [3.63, 3.8) is 0 Å². The van der Waals surface area contributed by atoms with Crippen LogP contribution in [-0.4, -0.2) is 45.2 Å². The Morgan fingerprint density at radius 3 is 2.02 bits per heavy atom. The molecule has 0 aromatic heterocycles. The number of hydrogen-bond acceptors (Lipinski definition) is 8. The Labute approximate surface area is 269 Å². The first-order chi connectivity index (χ1) is 17.0. The van der Waals surface area contributed by atoms with Crippen LogP contribution in [0.1, 0.15) is 50.0 Å². The minimum Gasteiger partial charge on any atom is -0.420 e. The van der Waals surface area contributed by atoms with Gasteiger partial charge in [-0.2, -0.15) is 12.8 Å². The summed E-state index contributed by atoms with van der Waals surface area (Å²) in [6.07, 6.45) is 2.72. The molecule has 11 heteroatoms. The number of nitrogens with zero attached hydrogens (tertiary/aromatic N) is 2. The second-order valence-corrected chi connectivity index (χ2v) is 12.2. The first kappa shape index (κ1) is 43.4. The van der Waals surface area contributed by atoms with E-state index in [-0.39, 0.29) is 67.9 Å². The molecule has 2 aromatic rings. The van der Waals surface area contributed by atoms with Gasteiger partial charge in [-0.25, -0.2) is 8.42 Å². The number of hydrogen-bond donors (Lipinski definition) is 0. The third-order valence-electron chi connectivity index (χ3n) is 6.01. The molecule has 3 atom stereocenters. The molecule has 214 valence electrons. The van der Waals surface area contributed by atoms with E-state index in [1.165, 1.54) is 31.2 Å². The van der Waals surface area contributed by atoms with Crippen LogP contribution in [-0.2, 0) is 33.7 Å². The van der Waals surface area contributed by atoms with Gasteiger partial charge in [0.05, 0.1) is 22.4 Å². The molecular formula is C29H40Li2N2O5S2-4. The molecule has 0 amide bonds. The summed E-state index contributed by atoms with van der Waals surface area (Å²) in [4.78, 5) is 2.52. The summed E-state index contributed by atoms with van der Waals surface area (Å²) >= 11 is 0. The Balaban J connectivity index is -0.000000672. The second kappa shape index (κ2) is 20.8. The second-order valence-electron chi connectivity index (χ2n) is 8.94. The van der Waals surface area contributed by atoms with Crippen molar-refractivity contribution in [1.29, 1.82) is 5.26 Å². The van der Waals surface area contributed by atoms with Crippen LogP contribution in [0.4, 0.5) is 0 Å². The molecule has 2 aromatic carbocycles. The van der Waals surface area contributed by atoms with Crippen molar-refractivity contribution in [1.82, 2.24) is 4.90 Å². The molecule has 1 fully saturated rings. The van der Waals surface area contributed by atoms with Crippen molar-refractivity contribution < 1.29 is 59.3 Å². The van der Waals surface area contributed by atoms with E-state index in [1.54, 1.807) is 18.2 Å². The van der Waals surface area contributed by atoms with Gasteiger partial charge in [0.25, 0.3) is 0 Å². The van der Waals surface area contributed by atoms with Gasteiger partial charge in [-0.1, -0.05) is 28.5 Å². The van der Waals surface area contributed by atoms with Crippen LogP contribution >= 0.6 is 0 Å². The number of benzene rings is 2. The van der Waals surface area contributed by atoms with Gasteiger partial charge in [0.1, 0.15) is 0 Å². The summed E-state index contributed by atoms with van der Waals surface area (Å²) in [5.74, 6) is 0.646. The van der Waals surface area contributed by atoms with Crippen LogP contribution in [0.15, 0.2) is 52.3 Å². The van der Waals surface area contributed by atoms with Crippen molar-refractivity contribution >= 4 is 20.5 Å². The van der Waals surface area contributed by atoms with E-state index in [0.29, 0.717) is 23.7 Å². The van der Waals surface area contributed by atoms with E-state index in [0.717, 1.165) is 32.5 Å². The largest absolute Gasteiger partial charge is 1.00 e. The summed E-state index contributed by atoms with van der Waals surface area (Å²) in [7, 11) is -6.10. The van der Waals surface area contributed by atoms with E-state index in [9.17, 15) is 16.8 Å². The Morgan fingerprint density at radius 1 is 1.05 bits per heavy atom. The molecular weight excluding hydrogens is 534 g/mol. The zero-order chi connectivity index (χ0) is 26.9. The van der Waals surface area contributed by atoms with Gasteiger partial charge in [0.15, 0.2) is 9.84 Å². The molecule has 0 spiro atoms. The number of morpholine rings is 1. The van der Waals surface area contributed by atoms with E-state index >= 15 is 0 Å². The van der Waals surface area contributed by atoms with Crippen LogP contribution in [0, 0.1) is 52.0 Å². The average molecular weight is 575 g/mol. The van der Waals surface area contributed by atoms with Gasteiger partial charge in [-0.3, -0.25) is 10.2 Å². The van der Waals surface area contributed by atoms with Crippen LogP contribution < -0.4 is 37.7 Å². The smallest absolute Gasteiger partial charge is 0.420 e. The predicted octanol–water partition coefficient (Wildman–Crippen LogP) is -0.370. The number of sulfone groups is 1. The molecule has 40 heavy (non-hydrogen) atoms. The molecule has 1 aliphatic heterocycles. The molecule has 0 aliphatic carbocycles. The maximum atomic E-state index is 12.6. The molecule has 0 bridgehead atoms. The van der Waals surface area contributed by atoms with Crippen molar-refractivity contribution in [2.24, 2.45) is 5.92 Å². The summed E-state index contributed by atoms with van der Waals surface area (Å²) < 4.78 is 52.4. The zero-order valence-corrected chi connectivity index (χ0v) is 26.7. The third-order valence-corrected chi connectivity index (χ3v) is 8.79. The minimum atomic E-state index is -3.70. The topological polar surface area (TPSA) is 105 Å². The summed E-state index contributed by atoms with van der Waals surface area (Å²) in [5.41, 5.74) is 0.646. The van der Waals surface area contributed by atoms with Crippen LogP contribution in [0.5, 0.6) is 0 Å². The molecule has 1 heterocycles. The fourth-order valence-corrected chi connectivity index (χ4v) is 5.78. The zero-order valence-electron chi connectivity index (χ0n) is 25.1. The summed E-state index contributed by atoms with van der Waals surface area (Å²) in [5, 5.41) is 7.96. The molecule has 1 saturated heterocycles. The Morgan fingerprint density at radius 2 is 1.57 bits per heavy atom. The monoisotopic (exact) mass is 574 g/mol. The van der Waals surface area contributed by atoms with E-state index < -0.39 is 25.8 Å². The van der Waals surface area contributed by atoms with Crippen LogP contribution in [0.2, 0.25) is 0 Å². The van der Waals surface area contributed by atoms with Crippen LogP contribution in [0.3, 0.4) is 0 Å². The standard InChI is InChI=1S/C15H11NO4S2.C12H23NO.2CH3.2Li/c1-11(13-4-2-3-12(9-13)10-16)22(19,20)15-7-5-14(6-8-15)21(17)18;1-5-12(6-2)9-13-7-10(3)14-11(4)8-13;;;;/h2-8,11H,1H3;10-12H,1-2,5-9H2,3-4H3;2*1H3;;/q2*-2;2*-1;2*+1/t;10-,11+;;;;. The van der Waals surface area contributed by atoms with E-state index in [2.05, 4.69) is 38.7 Å². The molecule has 3 rings (SSSR count). The maximum Gasteiger partial charge on any atom is 1.00 e.